The molecule has 2 heteroatoms. The van der Waals surface area contributed by atoms with Crippen LogP contribution in [0, 0.1) is 0 Å². The Balaban J connectivity index is 3.36. The quantitative estimate of drug-likeness (QED) is 0.651. The van der Waals surface area contributed by atoms with Crippen molar-refractivity contribution in [1.82, 2.24) is 0 Å². The molecule has 0 saturated heterocycles. The summed E-state index contributed by atoms with van der Waals surface area (Å²) < 4.78 is 5.43. The summed E-state index contributed by atoms with van der Waals surface area (Å²) in [6.07, 6.45) is 1.39. The van der Waals surface area contributed by atoms with Gasteiger partial charge < -0.3 is 10.5 Å². The van der Waals surface area contributed by atoms with Gasteiger partial charge in [0.2, 0.25) is 0 Å². The Bertz CT molecular complexity index is 85.7. The predicted molar refractivity (Wildman–Crippen MR) is 44.0 cm³/mol. The van der Waals surface area contributed by atoms with E-state index in [-0.39, 0.29) is 5.54 Å². The fourth-order valence-corrected chi connectivity index (χ4v) is 0.475. The molecule has 0 bridgehead atoms. The number of ether oxygens (including phenoxy) is 1. The van der Waals surface area contributed by atoms with Gasteiger partial charge in [0.15, 0.2) is 0 Å². The summed E-state index contributed by atoms with van der Waals surface area (Å²) in [5, 5.41) is 0. The van der Waals surface area contributed by atoms with Crippen LogP contribution in [0.5, 0.6) is 0 Å². The lowest BCUT2D eigenvalue weighted by Crippen LogP contribution is -2.38. The van der Waals surface area contributed by atoms with Gasteiger partial charge in [-0.1, -0.05) is 6.92 Å². The Kier molecular flexibility index (Phi) is 3.91. The highest BCUT2D eigenvalue weighted by molar-refractivity contribution is 4.70. The van der Waals surface area contributed by atoms with E-state index in [2.05, 4.69) is 13.8 Å². The maximum absolute atomic E-state index is 5.71. The summed E-state index contributed by atoms with van der Waals surface area (Å²) >= 11 is 0. The third-order valence-corrected chi connectivity index (χ3v) is 1.31. The van der Waals surface area contributed by atoms with Crippen molar-refractivity contribution in [3.05, 3.63) is 0 Å². The zero-order chi connectivity index (χ0) is 8.20. The fraction of sp³-hybridized carbons (Fsp3) is 1.00. The number of hydrogen-bond donors (Lipinski definition) is 1. The summed E-state index contributed by atoms with van der Waals surface area (Å²) in [6, 6.07) is 0. The minimum atomic E-state index is -0.191. The minimum absolute atomic E-state index is 0.191. The van der Waals surface area contributed by atoms with Crippen molar-refractivity contribution < 1.29 is 4.74 Å². The van der Waals surface area contributed by atoms with Crippen molar-refractivity contribution in [2.24, 2.45) is 5.73 Å². The second-order valence-electron chi connectivity index (χ2n) is 3.52. The van der Waals surface area contributed by atoms with Crippen molar-refractivity contribution in [1.29, 1.82) is 0 Å². The van der Waals surface area contributed by atoms with Crippen LogP contribution in [0.2, 0.25) is 0 Å². The van der Waals surface area contributed by atoms with Gasteiger partial charge >= 0.3 is 0 Å². The lowest BCUT2D eigenvalue weighted by molar-refractivity contribution is 0.0367. The van der Waals surface area contributed by atoms with Gasteiger partial charge in [0.05, 0.1) is 12.7 Å². The summed E-state index contributed by atoms with van der Waals surface area (Å²) in [7, 11) is 0. The number of rotatable bonds is 4. The van der Waals surface area contributed by atoms with Crippen molar-refractivity contribution in [3.63, 3.8) is 0 Å². The summed E-state index contributed by atoms with van der Waals surface area (Å²) in [6.45, 7) is 8.74. The molecule has 2 N–H and O–H groups in total. The zero-order valence-electron chi connectivity index (χ0n) is 7.48. The van der Waals surface area contributed by atoms with Crippen LogP contribution >= 0.6 is 0 Å². The number of nitrogens with two attached hydrogens (primary N) is 1. The van der Waals surface area contributed by atoms with Crippen molar-refractivity contribution in [3.8, 4) is 0 Å². The lowest BCUT2D eigenvalue weighted by atomic mass is 10.1. The third-order valence-electron chi connectivity index (χ3n) is 1.31. The molecule has 0 saturated carbocycles. The van der Waals surface area contributed by atoms with Crippen molar-refractivity contribution in [2.45, 2.75) is 45.8 Å². The summed E-state index contributed by atoms with van der Waals surface area (Å²) in [5.74, 6) is 0. The predicted octanol–water partition coefficient (Wildman–Crippen LogP) is 1.54. The Morgan fingerprint density at radius 3 is 2.30 bits per heavy atom. The highest BCUT2D eigenvalue weighted by Gasteiger charge is 2.11. The van der Waals surface area contributed by atoms with E-state index in [0.29, 0.717) is 12.7 Å². The van der Waals surface area contributed by atoms with Crippen LogP contribution in [0.15, 0.2) is 0 Å². The summed E-state index contributed by atoms with van der Waals surface area (Å²) in [4.78, 5) is 0. The van der Waals surface area contributed by atoms with Gasteiger partial charge in [-0.15, -0.1) is 0 Å². The molecule has 1 atom stereocenters. The van der Waals surface area contributed by atoms with Crippen LogP contribution in [0.1, 0.15) is 34.1 Å². The van der Waals surface area contributed by atoms with E-state index in [1.807, 2.05) is 13.8 Å². The normalized spacial score (nSPS) is 15.3. The largest absolute Gasteiger partial charge is 0.377 e. The van der Waals surface area contributed by atoms with Crippen LogP contribution in [0.25, 0.3) is 0 Å². The molecule has 0 amide bonds. The summed E-state index contributed by atoms with van der Waals surface area (Å²) in [5.41, 5.74) is 5.52. The Labute approximate surface area is 63.7 Å². The van der Waals surface area contributed by atoms with Crippen LogP contribution in [-0.2, 0) is 4.74 Å². The molecule has 0 fully saturated rings. The average Bonchev–Trinajstić information content (AvgIpc) is 1.81. The molecule has 0 rings (SSSR count). The van der Waals surface area contributed by atoms with Crippen molar-refractivity contribution in [2.75, 3.05) is 6.61 Å². The molecule has 0 spiro atoms. The van der Waals surface area contributed by atoms with E-state index in [9.17, 15) is 0 Å². The standard InChI is InChI=1S/C8H19NO/c1-5-7(2)10-6-8(3,4)9/h7H,5-6,9H2,1-4H3. The van der Waals surface area contributed by atoms with Gasteiger partial charge in [-0.25, -0.2) is 0 Å². The molecule has 2 nitrogen and oxygen atoms in total. The van der Waals surface area contributed by atoms with Gasteiger partial charge in [-0.3, -0.25) is 0 Å². The lowest BCUT2D eigenvalue weighted by Gasteiger charge is -2.21. The molecule has 0 aromatic rings. The maximum atomic E-state index is 5.71. The molecule has 0 heterocycles. The van der Waals surface area contributed by atoms with E-state index < -0.39 is 0 Å². The number of hydrogen-bond acceptors (Lipinski definition) is 2. The monoisotopic (exact) mass is 145 g/mol. The van der Waals surface area contributed by atoms with E-state index in [0.717, 1.165) is 6.42 Å². The minimum Gasteiger partial charge on any atom is -0.377 e. The second kappa shape index (κ2) is 3.94. The topological polar surface area (TPSA) is 35.2 Å². The van der Waals surface area contributed by atoms with E-state index in [1.54, 1.807) is 0 Å². The molecule has 0 radical (unpaired) electrons. The molecular formula is C8H19NO. The van der Waals surface area contributed by atoms with E-state index >= 15 is 0 Å². The van der Waals surface area contributed by atoms with E-state index in [1.165, 1.54) is 0 Å². The first kappa shape index (κ1) is 9.92. The van der Waals surface area contributed by atoms with Crippen LogP contribution in [0.4, 0.5) is 0 Å². The SMILES string of the molecule is CCC(C)OCC(C)(C)N. The van der Waals surface area contributed by atoms with Crippen molar-refractivity contribution >= 4 is 0 Å². The van der Waals surface area contributed by atoms with Crippen LogP contribution < -0.4 is 5.73 Å². The Morgan fingerprint density at radius 1 is 1.50 bits per heavy atom. The molecule has 62 valence electrons. The van der Waals surface area contributed by atoms with Crippen LogP contribution in [0.3, 0.4) is 0 Å². The average molecular weight is 145 g/mol. The first-order chi connectivity index (χ1) is 4.45. The Morgan fingerprint density at radius 2 is 2.00 bits per heavy atom. The van der Waals surface area contributed by atoms with Gasteiger partial charge in [0.1, 0.15) is 0 Å². The van der Waals surface area contributed by atoms with Gasteiger partial charge in [0, 0.05) is 5.54 Å². The van der Waals surface area contributed by atoms with Gasteiger partial charge in [0.25, 0.3) is 0 Å². The highest BCUT2D eigenvalue weighted by atomic mass is 16.5. The second-order valence-corrected chi connectivity index (χ2v) is 3.52. The molecule has 1 unspecified atom stereocenters. The molecule has 0 aliphatic heterocycles. The molecule has 0 aromatic heterocycles. The maximum Gasteiger partial charge on any atom is 0.0644 e. The first-order valence-electron chi connectivity index (χ1n) is 3.86. The zero-order valence-corrected chi connectivity index (χ0v) is 7.48. The molecule has 10 heavy (non-hydrogen) atoms. The van der Waals surface area contributed by atoms with Gasteiger partial charge in [-0.05, 0) is 27.2 Å². The third kappa shape index (κ3) is 6.05. The first-order valence-corrected chi connectivity index (χ1v) is 3.86. The molecular weight excluding hydrogens is 126 g/mol. The molecule has 0 aliphatic rings. The molecule has 0 aliphatic carbocycles. The highest BCUT2D eigenvalue weighted by Crippen LogP contribution is 2.02. The fourth-order valence-electron chi connectivity index (χ4n) is 0.475. The van der Waals surface area contributed by atoms with Crippen LogP contribution in [-0.4, -0.2) is 18.2 Å². The van der Waals surface area contributed by atoms with Gasteiger partial charge in [-0.2, -0.15) is 0 Å². The smallest absolute Gasteiger partial charge is 0.0644 e. The van der Waals surface area contributed by atoms with E-state index in [4.69, 9.17) is 10.5 Å². The Hall–Kier alpha value is -0.0800. The molecule has 0 aromatic carbocycles.